The van der Waals surface area contributed by atoms with Gasteiger partial charge in [-0.05, 0) is 38.5 Å². The molecule has 0 aliphatic heterocycles. The molecule has 0 aromatic heterocycles. The number of nitrogens with one attached hydrogen (secondary N) is 1. The monoisotopic (exact) mass is 365 g/mol. The maximum Gasteiger partial charge on any atom is 0.330 e. The van der Waals surface area contributed by atoms with Gasteiger partial charge in [0, 0.05) is 0 Å². The fraction of sp³-hybridized carbons (Fsp3) is 0.429. The lowest BCUT2D eigenvalue weighted by molar-refractivity contribution is -0.141. The van der Waals surface area contributed by atoms with Crippen LogP contribution in [0.2, 0.25) is 5.02 Å². The van der Waals surface area contributed by atoms with E-state index in [9.17, 15) is 27.5 Å². The summed E-state index contributed by atoms with van der Waals surface area (Å²) in [6.45, 7) is 4.29. The number of halogens is 2. The van der Waals surface area contributed by atoms with Crippen LogP contribution in [0.4, 0.5) is 4.39 Å². The zero-order chi connectivity index (χ0) is 18.0. The molecule has 128 valence electrons. The zero-order valence-electron chi connectivity index (χ0n) is 12.8. The van der Waals surface area contributed by atoms with E-state index in [-0.39, 0.29) is 10.6 Å². The number of hydrogen-bond acceptors (Lipinski definition) is 4. The molecule has 23 heavy (non-hydrogen) atoms. The van der Waals surface area contributed by atoms with E-state index >= 15 is 0 Å². The molecule has 0 fully saturated rings. The molecule has 0 aliphatic carbocycles. The van der Waals surface area contributed by atoms with Crippen molar-refractivity contribution >= 4 is 33.3 Å². The molecule has 0 spiro atoms. The normalized spacial score (nSPS) is 13.4. The van der Waals surface area contributed by atoms with E-state index in [2.05, 4.69) is 5.32 Å². The molecular formula is C14H17ClFNO5S. The van der Waals surface area contributed by atoms with Crippen molar-refractivity contribution in [1.29, 1.82) is 0 Å². The standard InChI is InChI=1S/C14H17ClFNO5S/c1-14(2,3)23(21,22)7-11(18)17-12(13(19)20)8-4-5-9(15)10(16)6-8/h4-6,12H,7H2,1-3H3,(H,17,18)(H,19,20). The van der Waals surface area contributed by atoms with Crippen molar-refractivity contribution in [2.75, 3.05) is 5.75 Å². The Hall–Kier alpha value is -1.67. The number of amides is 1. The molecule has 1 aromatic carbocycles. The minimum atomic E-state index is -3.77. The predicted octanol–water partition coefficient (Wildman–Crippen LogP) is 1.93. The molecule has 0 bridgehead atoms. The number of carboxylic acid groups (broad SMARTS) is 1. The highest BCUT2D eigenvalue weighted by molar-refractivity contribution is 7.93. The van der Waals surface area contributed by atoms with E-state index in [1.165, 1.54) is 26.8 Å². The molecule has 1 aromatic rings. The van der Waals surface area contributed by atoms with Crippen LogP contribution in [0.1, 0.15) is 32.4 Å². The van der Waals surface area contributed by atoms with Gasteiger partial charge in [0.2, 0.25) is 5.91 Å². The van der Waals surface area contributed by atoms with Gasteiger partial charge in [-0.1, -0.05) is 17.7 Å². The summed E-state index contributed by atoms with van der Waals surface area (Å²) in [5.74, 6) is -4.14. The second-order valence-corrected chi connectivity index (χ2v) is 9.03. The first-order valence-corrected chi connectivity index (χ1v) is 8.57. The average Bonchev–Trinajstić information content (AvgIpc) is 2.37. The first-order chi connectivity index (χ1) is 10.3. The summed E-state index contributed by atoms with van der Waals surface area (Å²) in [4.78, 5) is 23.1. The zero-order valence-corrected chi connectivity index (χ0v) is 14.3. The lowest BCUT2D eigenvalue weighted by Crippen LogP contribution is -2.41. The molecule has 9 heteroatoms. The van der Waals surface area contributed by atoms with Crippen molar-refractivity contribution in [2.45, 2.75) is 31.6 Å². The highest BCUT2D eigenvalue weighted by atomic mass is 35.5. The molecule has 0 saturated heterocycles. The number of benzene rings is 1. The van der Waals surface area contributed by atoms with Gasteiger partial charge in [0.15, 0.2) is 15.9 Å². The molecule has 1 unspecified atom stereocenters. The van der Waals surface area contributed by atoms with Gasteiger partial charge in [0.1, 0.15) is 11.6 Å². The molecule has 1 atom stereocenters. The van der Waals surface area contributed by atoms with Gasteiger partial charge >= 0.3 is 5.97 Å². The molecule has 0 radical (unpaired) electrons. The van der Waals surface area contributed by atoms with Gasteiger partial charge in [-0.2, -0.15) is 0 Å². The van der Waals surface area contributed by atoms with Crippen LogP contribution in [-0.2, 0) is 19.4 Å². The summed E-state index contributed by atoms with van der Waals surface area (Å²) in [6, 6.07) is 1.69. The molecule has 6 nitrogen and oxygen atoms in total. The first kappa shape index (κ1) is 19.4. The quantitative estimate of drug-likeness (QED) is 0.830. The molecule has 1 rings (SSSR count). The fourth-order valence-electron chi connectivity index (χ4n) is 1.57. The Labute approximate surface area is 138 Å². The van der Waals surface area contributed by atoms with Crippen molar-refractivity contribution in [3.05, 3.63) is 34.6 Å². The third-order valence-corrected chi connectivity index (χ3v) is 5.90. The molecule has 0 aliphatic rings. The summed E-state index contributed by atoms with van der Waals surface area (Å²) in [7, 11) is -3.77. The molecule has 0 heterocycles. The highest BCUT2D eigenvalue weighted by Gasteiger charge is 2.33. The van der Waals surface area contributed by atoms with Gasteiger partial charge in [0.05, 0.1) is 9.77 Å². The Morgan fingerprint density at radius 3 is 2.35 bits per heavy atom. The van der Waals surface area contributed by atoms with Crippen LogP contribution >= 0.6 is 11.6 Å². The fourth-order valence-corrected chi connectivity index (χ4v) is 2.55. The number of aliphatic carboxylic acids is 1. The van der Waals surface area contributed by atoms with Crippen LogP contribution in [0.5, 0.6) is 0 Å². The number of carboxylic acids is 1. The molecule has 1 amide bonds. The lowest BCUT2D eigenvalue weighted by Gasteiger charge is -2.20. The maximum atomic E-state index is 13.4. The van der Waals surface area contributed by atoms with Crippen molar-refractivity contribution in [3.63, 3.8) is 0 Å². The average molecular weight is 366 g/mol. The molecule has 2 N–H and O–H groups in total. The Balaban J connectivity index is 2.99. The van der Waals surface area contributed by atoms with E-state index in [1.807, 2.05) is 0 Å². The van der Waals surface area contributed by atoms with Crippen molar-refractivity contribution < 1.29 is 27.5 Å². The molecular weight excluding hydrogens is 349 g/mol. The summed E-state index contributed by atoms with van der Waals surface area (Å²) in [6.07, 6.45) is 0. The van der Waals surface area contributed by atoms with Gasteiger partial charge in [-0.15, -0.1) is 0 Å². The summed E-state index contributed by atoms with van der Waals surface area (Å²) in [5, 5.41) is 11.1. The van der Waals surface area contributed by atoms with Crippen LogP contribution in [0, 0.1) is 5.82 Å². The smallest absolute Gasteiger partial charge is 0.330 e. The van der Waals surface area contributed by atoms with Gasteiger partial charge < -0.3 is 10.4 Å². The predicted molar refractivity (Wildman–Crippen MR) is 83.5 cm³/mol. The van der Waals surface area contributed by atoms with Crippen LogP contribution in [0.3, 0.4) is 0 Å². The summed E-state index contributed by atoms with van der Waals surface area (Å²) < 4.78 is 36.2. The van der Waals surface area contributed by atoms with Gasteiger partial charge in [-0.3, -0.25) is 4.79 Å². The van der Waals surface area contributed by atoms with E-state index in [0.717, 1.165) is 12.1 Å². The Morgan fingerprint density at radius 2 is 1.91 bits per heavy atom. The van der Waals surface area contributed by atoms with Crippen LogP contribution in [0.15, 0.2) is 18.2 Å². The Kier molecular flexibility index (Phi) is 5.76. The number of carbonyl (C=O) groups excluding carboxylic acids is 1. The molecule has 0 saturated carbocycles. The maximum absolute atomic E-state index is 13.4. The van der Waals surface area contributed by atoms with E-state index in [4.69, 9.17) is 11.6 Å². The Bertz CT molecular complexity index is 727. The van der Waals surface area contributed by atoms with Gasteiger partial charge in [-0.25, -0.2) is 17.6 Å². The number of carbonyl (C=O) groups is 2. The second-order valence-electron chi connectivity index (χ2n) is 5.88. The number of hydrogen-bond donors (Lipinski definition) is 2. The van der Waals surface area contributed by atoms with Crippen molar-refractivity contribution in [1.82, 2.24) is 5.32 Å². The third kappa shape index (κ3) is 4.90. The van der Waals surface area contributed by atoms with Crippen molar-refractivity contribution in [2.24, 2.45) is 0 Å². The minimum absolute atomic E-state index is 0.0547. The SMILES string of the molecule is CC(C)(C)S(=O)(=O)CC(=O)NC(C(=O)O)c1ccc(Cl)c(F)c1. The summed E-state index contributed by atoms with van der Waals surface area (Å²) >= 11 is 5.52. The number of sulfone groups is 1. The summed E-state index contributed by atoms with van der Waals surface area (Å²) in [5.41, 5.74) is -0.0547. The van der Waals surface area contributed by atoms with E-state index in [0.29, 0.717) is 0 Å². The van der Waals surface area contributed by atoms with Crippen LogP contribution in [-0.4, -0.2) is 35.9 Å². The van der Waals surface area contributed by atoms with Crippen LogP contribution < -0.4 is 5.32 Å². The largest absolute Gasteiger partial charge is 0.479 e. The lowest BCUT2D eigenvalue weighted by atomic mass is 10.1. The van der Waals surface area contributed by atoms with Crippen LogP contribution in [0.25, 0.3) is 0 Å². The second kappa shape index (κ2) is 6.84. The minimum Gasteiger partial charge on any atom is -0.479 e. The van der Waals surface area contributed by atoms with Crippen molar-refractivity contribution in [3.8, 4) is 0 Å². The third-order valence-electron chi connectivity index (χ3n) is 3.08. The van der Waals surface area contributed by atoms with Gasteiger partial charge in [0.25, 0.3) is 0 Å². The highest BCUT2D eigenvalue weighted by Crippen LogP contribution is 2.21. The topological polar surface area (TPSA) is 101 Å². The number of rotatable bonds is 5. The van der Waals surface area contributed by atoms with E-state index in [1.54, 1.807) is 0 Å². The first-order valence-electron chi connectivity index (χ1n) is 6.54. The van der Waals surface area contributed by atoms with E-state index < -0.39 is 44.1 Å². The Morgan fingerprint density at radius 1 is 1.35 bits per heavy atom.